The van der Waals surface area contributed by atoms with Gasteiger partial charge in [-0.25, -0.2) is 14.8 Å². The van der Waals surface area contributed by atoms with Crippen molar-refractivity contribution in [3.8, 4) is 0 Å². The number of aryl methyl sites for hydroxylation is 1. The Labute approximate surface area is 114 Å². The quantitative estimate of drug-likeness (QED) is 0.814. The number of hydrogen-bond donors (Lipinski definition) is 2. The number of nitrogens with one attached hydrogen (secondary N) is 1. The average Bonchev–Trinajstić information content (AvgIpc) is 2.83. The predicted octanol–water partition coefficient (Wildman–Crippen LogP) is 1.17. The van der Waals surface area contributed by atoms with Gasteiger partial charge in [0.2, 0.25) is 0 Å². The summed E-state index contributed by atoms with van der Waals surface area (Å²) in [4.78, 5) is 30.3. The fraction of sp³-hybridized carbons (Fsp3) is 0.0769. The first kappa shape index (κ1) is 13.5. The fourth-order valence-corrected chi connectivity index (χ4v) is 1.54. The molecule has 0 aromatic carbocycles. The Bertz CT molecular complexity index is 676. The molecule has 2 aromatic heterocycles. The normalized spacial score (nSPS) is 10.7. The predicted molar refractivity (Wildman–Crippen MR) is 72.1 cm³/mol. The number of carboxylic acids is 1. The van der Waals surface area contributed by atoms with Gasteiger partial charge < -0.3 is 15.0 Å². The Morgan fingerprint density at radius 3 is 2.90 bits per heavy atom. The van der Waals surface area contributed by atoms with Crippen LogP contribution >= 0.6 is 0 Å². The summed E-state index contributed by atoms with van der Waals surface area (Å²) in [6.07, 6.45) is 6.89. The van der Waals surface area contributed by atoms with Gasteiger partial charge in [0, 0.05) is 19.3 Å². The van der Waals surface area contributed by atoms with Gasteiger partial charge >= 0.3 is 5.97 Å². The minimum absolute atomic E-state index is 0.336. The monoisotopic (exact) mass is 272 g/mol. The van der Waals surface area contributed by atoms with Crippen LogP contribution in [0.2, 0.25) is 0 Å². The van der Waals surface area contributed by atoms with Gasteiger partial charge in [-0.05, 0) is 23.8 Å². The molecule has 0 saturated heterocycles. The van der Waals surface area contributed by atoms with Crippen LogP contribution in [0, 0.1) is 0 Å². The molecule has 102 valence electrons. The van der Waals surface area contributed by atoms with Crippen LogP contribution < -0.4 is 5.32 Å². The van der Waals surface area contributed by atoms with Crippen LogP contribution in [0.1, 0.15) is 16.1 Å². The van der Waals surface area contributed by atoms with E-state index in [4.69, 9.17) is 5.11 Å². The molecule has 2 heterocycles. The Morgan fingerprint density at radius 1 is 1.45 bits per heavy atom. The number of imidazole rings is 1. The van der Waals surface area contributed by atoms with Gasteiger partial charge in [-0.2, -0.15) is 0 Å². The third-order valence-electron chi connectivity index (χ3n) is 2.49. The van der Waals surface area contributed by atoms with Crippen molar-refractivity contribution >= 4 is 23.8 Å². The van der Waals surface area contributed by atoms with Crippen LogP contribution in [-0.2, 0) is 11.8 Å². The lowest BCUT2D eigenvalue weighted by Crippen LogP contribution is -2.16. The summed E-state index contributed by atoms with van der Waals surface area (Å²) in [7, 11) is 1.71. The lowest BCUT2D eigenvalue weighted by Gasteiger charge is -2.05. The largest absolute Gasteiger partial charge is 0.478 e. The Morgan fingerprint density at radius 2 is 2.25 bits per heavy atom. The molecule has 0 unspecified atom stereocenters. The second-order valence-corrected chi connectivity index (χ2v) is 3.99. The van der Waals surface area contributed by atoms with Crippen LogP contribution in [0.4, 0.5) is 5.82 Å². The molecule has 0 bridgehead atoms. The van der Waals surface area contributed by atoms with Crippen molar-refractivity contribution in [1.82, 2.24) is 14.5 Å². The molecule has 20 heavy (non-hydrogen) atoms. The van der Waals surface area contributed by atoms with Crippen molar-refractivity contribution < 1.29 is 14.7 Å². The third-order valence-corrected chi connectivity index (χ3v) is 2.49. The standard InChI is InChI=1S/C13H12N4O3/c1-17-8-14-7-10(17)13(20)16-11-6-9(4-5-15-11)2-3-12(18)19/h2-8H,1H3,(H,18,19)(H,15,16,20)/b3-2+. The highest BCUT2D eigenvalue weighted by atomic mass is 16.4. The zero-order valence-corrected chi connectivity index (χ0v) is 10.6. The minimum atomic E-state index is -1.04. The highest BCUT2D eigenvalue weighted by Gasteiger charge is 2.10. The molecule has 0 aliphatic carbocycles. The van der Waals surface area contributed by atoms with Gasteiger partial charge in [-0.3, -0.25) is 4.79 Å². The molecule has 7 heteroatoms. The molecule has 2 rings (SSSR count). The molecular formula is C13H12N4O3. The van der Waals surface area contributed by atoms with Crippen molar-refractivity contribution in [1.29, 1.82) is 0 Å². The minimum Gasteiger partial charge on any atom is -0.478 e. The molecular weight excluding hydrogens is 260 g/mol. The van der Waals surface area contributed by atoms with Gasteiger partial charge in [0.25, 0.3) is 5.91 Å². The van der Waals surface area contributed by atoms with Gasteiger partial charge in [0.15, 0.2) is 0 Å². The zero-order valence-electron chi connectivity index (χ0n) is 10.6. The van der Waals surface area contributed by atoms with Crippen LogP contribution in [0.15, 0.2) is 36.9 Å². The molecule has 0 saturated carbocycles. The summed E-state index contributed by atoms with van der Waals surface area (Å²) in [5.74, 6) is -1.04. The van der Waals surface area contributed by atoms with E-state index in [1.54, 1.807) is 23.7 Å². The average molecular weight is 272 g/mol. The van der Waals surface area contributed by atoms with E-state index < -0.39 is 5.97 Å². The van der Waals surface area contributed by atoms with E-state index >= 15 is 0 Å². The summed E-state index contributed by atoms with van der Waals surface area (Å²) in [5, 5.41) is 11.2. The summed E-state index contributed by atoms with van der Waals surface area (Å²) in [6, 6.07) is 3.22. The maximum atomic E-state index is 11.9. The van der Waals surface area contributed by atoms with E-state index in [-0.39, 0.29) is 5.91 Å². The van der Waals surface area contributed by atoms with Gasteiger partial charge in [0.1, 0.15) is 11.5 Å². The molecule has 0 aliphatic heterocycles. The molecule has 0 radical (unpaired) electrons. The van der Waals surface area contributed by atoms with Gasteiger partial charge in [-0.1, -0.05) is 0 Å². The molecule has 0 atom stereocenters. The van der Waals surface area contributed by atoms with Crippen molar-refractivity contribution in [3.05, 3.63) is 48.2 Å². The number of carbonyl (C=O) groups excluding carboxylic acids is 1. The second kappa shape index (κ2) is 5.79. The third kappa shape index (κ3) is 3.29. The fourth-order valence-electron chi connectivity index (χ4n) is 1.54. The van der Waals surface area contributed by atoms with Crippen molar-refractivity contribution in [3.63, 3.8) is 0 Å². The van der Waals surface area contributed by atoms with Gasteiger partial charge in [-0.15, -0.1) is 0 Å². The van der Waals surface area contributed by atoms with Crippen LogP contribution in [-0.4, -0.2) is 31.5 Å². The summed E-state index contributed by atoms with van der Waals surface area (Å²) in [6.45, 7) is 0. The zero-order chi connectivity index (χ0) is 14.5. The first-order valence-corrected chi connectivity index (χ1v) is 5.71. The molecule has 0 fully saturated rings. The number of anilines is 1. The van der Waals surface area contributed by atoms with E-state index in [0.29, 0.717) is 17.1 Å². The van der Waals surface area contributed by atoms with Crippen LogP contribution in [0.3, 0.4) is 0 Å². The Kier molecular flexibility index (Phi) is 3.90. The maximum absolute atomic E-state index is 11.9. The molecule has 1 amide bonds. The summed E-state index contributed by atoms with van der Waals surface area (Å²) >= 11 is 0. The Hall–Kier alpha value is -2.96. The number of aliphatic carboxylic acids is 1. The molecule has 2 N–H and O–H groups in total. The lowest BCUT2D eigenvalue weighted by molar-refractivity contribution is -0.131. The molecule has 0 spiro atoms. The van der Waals surface area contributed by atoms with E-state index in [1.807, 2.05) is 0 Å². The number of rotatable bonds is 4. The van der Waals surface area contributed by atoms with Crippen LogP contribution in [0.5, 0.6) is 0 Å². The van der Waals surface area contributed by atoms with Gasteiger partial charge in [0.05, 0.1) is 12.5 Å². The number of hydrogen-bond acceptors (Lipinski definition) is 4. The summed E-state index contributed by atoms with van der Waals surface area (Å²) < 4.78 is 1.59. The number of pyridine rings is 1. The van der Waals surface area contributed by atoms with Crippen LogP contribution in [0.25, 0.3) is 6.08 Å². The highest BCUT2D eigenvalue weighted by molar-refractivity contribution is 6.02. The van der Waals surface area contributed by atoms with E-state index in [0.717, 1.165) is 6.08 Å². The number of nitrogens with zero attached hydrogens (tertiary/aromatic N) is 3. The molecule has 7 nitrogen and oxygen atoms in total. The SMILES string of the molecule is Cn1cncc1C(=O)Nc1cc(/C=C/C(=O)O)ccn1. The first-order chi connectivity index (χ1) is 9.56. The van der Waals surface area contributed by atoms with Crippen molar-refractivity contribution in [2.24, 2.45) is 7.05 Å². The molecule has 2 aromatic rings. The topological polar surface area (TPSA) is 97.1 Å². The van der Waals surface area contributed by atoms with E-state index in [1.165, 1.54) is 24.8 Å². The van der Waals surface area contributed by atoms with Crippen molar-refractivity contribution in [2.45, 2.75) is 0 Å². The molecule has 0 aliphatic rings. The van der Waals surface area contributed by atoms with E-state index in [9.17, 15) is 9.59 Å². The number of aromatic nitrogens is 3. The van der Waals surface area contributed by atoms with E-state index in [2.05, 4.69) is 15.3 Å². The van der Waals surface area contributed by atoms with Crippen molar-refractivity contribution in [2.75, 3.05) is 5.32 Å². The number of amides is 1. The lowest BCUT2D eigenvalue weighted by atomic mass is 10.2. The summed E-state index contributed by atoms with van der Waals surface area (Å²) in [5.41, 5.74) is 1.03. The highest BCUT2D eigenvalue weighted by Crippen LogP contribution is 2.10. The smallest absolute Gasteiger partial charge is 0.328 e. The second-order valence-electron chi connectivity index (χ2n) is 3.99. The Balaban J connectivity index is 2.14. The number of carboxylic acid groups (broad SMARTS) is 1. The number of carbonyl (C=O) groups is 2. The first-order valence-electron chi connectivity index (χ1n) is 5.71. The maximum Gasteiger partial charge on any atom is 0.328 e.